The van der Waals surface area contributed by atoms with Gasteiger partial charge >= 0.3 is 17.9 Å². The molecule has 0 saturated heterocycles. The van der Waals surface area contributed by atoms with Crippen LogP contribution in [0.3, 0.4) is 0 Å². The third-order valence-corrected chi connectivity index (χ3v) is 9.53. The van der Waals surface area contributed by atoms with Gasteiger partial charge in [-0.2, -0.15) is 0 Å². The van der Waals surface area contributed by atoms with Crippen molar-refractivity contribution in [2.24, 2.45) is 22.7 Å². The van der Waals surface area contributed by atoms with Crippen LogP contribution in [0.2, 0.25) is 0 Å². The molecule has 3 aliphatic rings. The van der Waals surface area contributed by atoms with Crippen LogP contribution in [0.1, 0.15) is 65.9 Å². The number of carbonyl (C=O) groups is 3. The summed E-state index contributed by atoms with van der Waals surface area (Å²) in [4.78, 5) is 38.0. The van der Waals surface area contributed by atoms with Crippen LogP contribution in [0, 0.1) is 22.7 Å². The zero-order chi connectivity index (χ0) is 29.9. The standard InChI is InChI=1S/C34H42O7/c1-7-21(2)15-16-33(6)22(3)17-30(41-32(38)14-13-25-11-9-8-10-12-25)34-27(18-26(37)19-29(33)34)28(39-23(4)35)20-31(34)40-24(5)36/h7-15,18,22,26,28-31,37H,1,16-17,19-20H2,2-6H3/t22-,26-,28-,29-,30-,31-,33+,34+/m1/s1. The molecular formula is C34H42O7. The highest BCUT2D eigenvalue weighted by atomic mass is 16.6. The molecule has 0 heterocycles. The number of ether oxygens (including phenoxy) is 3. The van der Waals surface area contributed by atoms with Gasteiger partial charge in [-0.05, 0) is 60.6 Å². The molecule has 1 N–H and O–H groups in total. The highest BCUT2D eigenvalue weighted by Crippen LogP contribution is 2.68. The molecule has 41 heavy (non-hydrogen) atoms. The second kappa shape index (κ2) is 12.2. The number of benzene rings is 1. The Morgan fingerprint density at radius 2 is 1.66 bits per heavy atom. The topological polar surface area (TPSA) is 99.1 Å². The minimum Gasteiger partial charge on any atom is -0.461 e. The number of aliphatic hydroxyl groups is 1. The zero-order valence-electron chi connectivity index (χ0n) is 24.7. The Balaban J connectivity index is 1.85. The smallest absolute Gasteiger partial charge is 0.331 e. The first kappa shape index (κ1) is 30.5. The molecular weight excluding hydrogens is 520 g/mol. The van der Waals surface area contributed by atoms with Gasteiger partial charge in [0.15, 0.2) is 0 Å². The van der Waals surface area contributed by atoms with Gasteiger partial charge in [0.25, 0.3) is 0 Å². The van der Waals surface area contributed by atoms with E-state index < -0.39 is 47.7 Å². The maximum absolute atomic E-state index is 13.3. The molecule has 0 radical (unpaired) electrons. The molecule has 3 aliphatic carbocycles. The van der Waals surface area contributed by atoms with Crippen molar-refractivity contribution in [2.45, 2.75) is 84.7 Å². The molecule has 0 bridgehead atoms. The summed E-state index contributed by atoms with van der Waals surface area (Å²) in [6.45, 7) is 12.9. The lowest BCUT2D eigenvalue weighted by Gasteiger charge is -2.61. The van der Waals surface area contributed by atoms with Gasteiger partial charge in [-0.1, -0.05) is 74.6 Å². The normalized spacial score (nSPS) is 34.7. The first-order chi connectivity index (χ1) is 19.4. The summed E-state index contributed by atoms with van der Waals surface area (Å²) in [5, 5.41) is 11.2. The third kappa shape index (κ3) is 5.96. The first-order valence-electron chi connectivity index (χ1n) is 14.4. The van der Waals surface area contributed by atoms with Crippen LogP contribution >= 0.6 is 0 Å². The Morgan fingerprint density at radius 3 is 2.29 bits per heavy atom. The summed E-state index contributed by atoms with van der Waals surface area (Å²) < 4.78 is 18.1. The van der Waals surface area contributed by atoms with Crippen molar-refractivity contribution in [3.05, 3.63) is 77.9 Å². The van der Waals surface area contributed by atoms with Crippen molar-refractivity contribution >= 4 is 24.0 Å². The fourth-order valence-corrected chi connectivity index (χ4v) is 7.45. The van der Waals surface area contributed by atoms with Crippen LogP contribution in [-0.2, 0) is 28.6 Å². The van der Waals surface area contributed by atoms with Gasteiger partial charge in [0, 0.05) is 26.3 Å². The molecule has 2 saturated carbocycles. The largest absolute Gasteiger partial charge is 0.461 e. The molecule has 8 atom stereocenters. The van der Waals surface area contributed by atoms with Crippen LogP contribution in [0.5, 0.6) is 0 Å². The number of allylic oxidation sites excluding steroid dienone is 3. The van der Waals surface area contributed by atoms with E-state index in [4.69, 9.17) is 14.2 Å². The molecule has 1 aromatic rings. The van der Waals surface area contributed by atoms with E-state index in [0.717, 1.165) is 11.1 Å². The maximum Gasteiger partial charge on any atom is 0.331 e. The maximum atomic E-state index is 13.3. The summed E-state index contributed by atoms with van der Waals surface area (Å²) in [6.07, 6.45) is 7.76. The lowest BCUT2D eigenvalue weighted by Crippen LogP contribution is -2.63. The van der Waals surface area contributed by atoms with E-state index in [1.807, 2.05) is 43.3 Å². The number of hydrogen-bond acceptors (Lipinski definition) is 7. The number of esters is 3. The van der Waals surface area contributed by atoms with Crippen molar-refractivity contribution in [2.75, 3.05) is 0 Å². The predicted molar refractivity (Wildman–Crippen MR) is 156 cm³/mol. The van der Waals surface area contributed by atoms with Crippen molar-refractivity contribution in [3.63, 3.8) is 0 Å². The van der Waals surface area contributed by atoms with E-state index in [9.17, 15) is 19.5 Å². The summed E-state index contributed by atoms with van der Waals surface area (Å²) in [7, 11) is 0. The van der Waals surface area contributed by atoms with Crippen molar-refractivity contribution in [3.8, 4) is 0 Å². The Morgan fingerprint density at radius 1 is 1.00 bits per heavy atom. The molecule has 4 rings (SSSR count). The van der Waals surface area contributed by atoms with Crippen LogP contribution in [0.25, 0.3) is 6.08 Å². The van der Waals surface area contributed by atoms with Crippen LogP contribution in [-0.4, -0.2) is 47.4 Å². The van der Waals surface area contributed by atoms with E-state index in [-0.39, 0.29) is 23.7 Å². The van der Waals surface area contributed by atoms with Crippen LogP contribution < -0.4 is 0 Å². The fourth-order valence-electron chi connectivity index (χ4n) is 7.45. The molecule has 0 unspecified atom stereocenters. The summed E-state index contributed by atoms with van der Waals surface area (Å²) in [6, 6.07) is 9.48. The van der Waals surface area contributed by atoms with Crippen LogP contribution in [0.4, 0.5) is 0 Å². The predicted octanol–water partition coefficient (Wildman–Crippen LogP) is 5.74. The van der Waals surface area contributed by atoms with Crippen LogP contribution in [0.15, 0.2) is 72.4 Å². The Hall–Kier alpha value is -3.45. The lowest BCUT2D eigenvalue weighted by atomic mass is 9.44. The summed E-state index contributed by atoms with van der Waals surface area (Å²) >= 11 is 0. The molecule has 1 spiro atoms. The van der Waals surface area contributed by atoms with Gasteiger partial charge in [-0.3, -0.25) is 9.59 Å². The van der Waals surface area contributed by atoms with Gasteiger partial charge < -0.3 is 19.3 Å². The highest BCUT2D eigenvalue weighted by Gasteiger charge is 2.71. The molecule has 220 valence electrons. The highest BCUT2D eigenvalue weighted by molar-refractivity contribution is 5.87. The van der Waals surface area contributed by atoms with E-state index in [1.165, 1.54) is 19.9 Å². The Kier molecular flexibility index (Phi) is 9.07. The molecule has 1 aromatic carbocycles. The monoisotopic (exact) mass is 562 g/mol. The van der Waals surface area contributed by atoms with Gasteiger partial charge in [0.05, 0.1) is 11.5 Å². The molecule has 2 fully saturated rings. The fraction of sp³-hybridized carbons (Fsp3) is 0.500. The van der Waals surface area contributed by atoms with Crippen molar-refractivity contribution in [1.82, 2.24) is 0 Å². The first-order valence-corrected chi connectivity index (χ1v) is 14.4. The quantitative estimate of drug-likeness (QED) is 0.142. The average Bonchev–Trinajstić information content (AvgIpc) is 3.20. The number of aliphatic hydroxyl groups excluding tert-OH is 1. The van der Waals surface area contributed by atoms with E-state index in [1.54, 1.807) is 12.2 Å². The molecule has 7 heteroatoms. The molecule has 0 aromatic heterocycles. The van der Waals surface area contributed by atoms with Gasteiger partial charge in [-0.15, -0.1) is 0 Å². The average molecular weight is 563 g/mol. The Labute approximate surface area is 242 Å². The van der Waals surface area contributed by atoms with E-state index in [0.29, 0.717) is 24.8 Å². The summed E-state index contributed by atoms with van der Waals surface area (Å²) in [5.41, 5.74) is 1.25. The molecule has 7 nitrogen and oxygen atoms in total. The van der Waals surface area contributed by atoms with Gasteiger partial charge in [0.1, 0.15) is 18.3 Å². The third-order valence-electron chi connectivity index (χ3n) is 9.53. The van der Waals surface area contributed by atoms with Crippen molar-refractivity contribution < 1.29 is 33.7 Å². The van der Waals surface area contributed by atoms with E-state index >= 15 is 0 Å². The summed E-state index contributed by atoms with van der Waals surface area (Å²) in [5.74, 6) is -1.60. The van der Waals surface area contributed by atoms with E-state index in [2.05, 4.69) is 26.5 Å². The zero-order valence-corrected chi connectivity index (χ0v) is 24.7. The second-order valence-electron chi connectivity index (χ2n) is 12.0. The van der Waals surface area contributed by atoms with Crippen molar-refractivity contribution in [1.29, 1.82) is 0 Å². The SMILES string of the molecule is C=CC(C)=CC[C@@]1(C)[C@H](C)C[C@@H](OC(=O)C=Cc2ccccc2)[C@]23C(=C[C@@H](O)C[C@H]12)[C@H](OC(C)=O)C[C@H]3OC(C)=O. The number of rotatable bonds is 8. The molecule has 0 aliphatic heterocycles. The second-order valence-corrected chi connectivity index (χ2v) is 12.0. The molecule has 0 amide bonds. The minimum atomic E-state index is -0.974. The number of carbonyl (C=O) groups excluding carboxylic acids is 3. The minimum absolute atomic E-state index is 0.0835. The number of hydrogen-bond donors (Lipinski definition) is 1. The van der Waals surface area contributed by atoms with Gasteiger partial charge in [0.2, 0.25) is 0 Å². The lowest BCUT2D eigenvalue weighted by molar-refractivity contribution is -0.203. The van der Waals surface area contributed by atoms with Gasteiger partial charge in [-0.25, -0.2) is 4.79 Å². The Bertz CT molecular complexity index is 1260.